The van der Waals surface area contributed by atoms with Crippen molar-refractivity contribution in [1.29, 1.82) is 0 Å². The summed E-state index contributed by atoms with van der Waals surface area (Å²) in [5, 5.41) is 10.5. The van der Waals surface area contributed by atoms with Crippen molar-refractivity contribution in [3.63, 3.8) is 0 Å². The lowest BCUT2D eigenvalue weighted by Crippen LogP contribution is -2.36. The Labute approximate surface area is 155 Å². The molecular formula is C20H25ClN2O2. The summed E-state index contributed by atoms with van der Waals surface area (Å²) in [6.07, 6.45) is 1.94. The van der Waals surface area contributed by atoms with E-state index in [1.165, 1.54) is 0 Å². The Kier molecular flexibility index (Phi) is 6.45. The number of amides is 1. The van der Waals surface area contributed by atoms with E-state index < -0.39 is 6.10 Å². The topological polar surface area (TPSA) is 66.6 Å². The zero-order chi connectivity index (χ0) is 17.1. The van der Waals surface area contributed by atoms with Crippen molar-refractivity contribution in [3.8, 4) is 0 Å². The van der Waals surface area contributed by atoms with Gasteiger partial charge in [-0.2, -0.15) is 0 Å². The molecule has 5 heteroatoms. The molecule has 0 bridgehead atoms. The van der Waals surface area contributed by atoms with Crippen LogP contribution in [0.5, 0.6) is 0 Å². The number of aliphatic hydroxyl groups excluding tert-OH is 1. The van der Waals surface area contributed by atoms with Crippen molar-refractivity contribution in [2.75, 3.05) is 12.3 Å². The van der Waals surface area contributed by atoms with Gasteiger partial charge in [-0.05, 0) is 55.5 Å². The first-order chi connectivity index (χ1) is 11.6. The highest BCUT2D eigenvalue weighted by molar-refractivity contribution is 5.95. The van der Waals surface area contributed by atoms with Gasteiger partial charge in [-0.25, -0.2) is 0 Å². The molecule has 0 spiro atoms. The van der Waals surface area contributed by atoms with Gasteiger partial charge >= 0.3 is 0 Å². The number of nitrogens with two attached hydrogens (primary N) is 1. The zero-order valence-corrected chi connectivity index (χ0v) is 15.2. The highest BCUT2D eigenvalue weighted by atomic mass is 35.5. The van der Waals surface area contributed by atoms with E-state index in [9.17, 15) is 9.90 Å². The lowest BCUT2D eigenvalue weighted by atomic mass is 10.00. The van der Waals surface area contributed by atoms with Crippen molar-refractivity contribution in [3.05, 3.63) is 65.2 Å². The van der Waals surface area contributed by atoms with Crippen molar-refractivity contribution >= 4 is 24.0 Å². The number of hydrogen-bond acceptors (Lipinski definition) is 3. The fourth-order valence-electron chi connectivity index (χ4n) is 3.39. The molecule has 2 aromatic rings. The summed E-state index contributed by atoms with van der Waals surface area (Å²) in [5.41, 5.74) is 9.03. The Balaban J connectivity index is 0.00000225. The van der Waals surface area contributed by atoms with E-state index in [-0.39, 0.29) is 24.4 Å². The Bertz CT molecular complexity index is 721. The fraction of sp³-hybridized carbons (Fsp3) is 0.350. The molecular weight excluding hydrogens is 336 g/mol. The average molecular weight is 361 g/mol. The maximum Gasteiger partial charge on any atom is 0.254 e. The number of likely N-dealkylation sites (tertiary alicyclic amines) is 1. The van der Waals surface area contributed by atoms with Gasteiger partial charge in [-0.15, -0.1) is 12.4 Å². The van der Waals surface area contributed by atoms with Crippen LogP contribution in [0, 0.1) is 6.92 Å². The highest BCUT2D eigenvalue weighted by Gasteiger charge is 2.31. The van der Waals surface area contributed by atoms with Gasteiger partial charge in [0.05, 0.1) is 6.10 Å². The van der Waals surface area contributed by atoms with E-state index in [0.29, 0.717) is 17.7 Å². The second-order valence-electron chi connectivity index (χ2n) is 6.53. The largest absolute Gasteiger partial charge is 0.399 e. The number of nitrogens with zero attached hydrogens (tertiary/aromatic N) is 1. The van der Waals surface area contributed by atoms with E-state index in [4.69, 9.17) is 5.73 Å². The maximum atomic E-state index is 12.8. The maximum absolute atomic E-state index is 12.8. The molecule has 0 aromatic heterocycles. The minimum absolute atomic E-state index is 0. The van der Waals surface area contributed by atoms with Gasteiger partial charge in [0.1, 0.15) is 0 Å². The van der Waals surface area contributed by atoms with Crippen molar-refractivity contribution in [2.24, 2.45) is 0 Å². The van der Waals surface area contributed by atoms with E-state index in [1.807, 2.05) is 48.2 Å². The van der Waals surface area contributed by atoms with Crippen molar-refractivity contribution in [2.45, 2.75) is 38.3 Å². The zero-order valence-electron chi connectivity index (χ0n) is 14.4. The molecule has 134 valence electrons. The van der Waals surface area contributed by atoms with Crippen LogP contribution in [0.2, 0.25) is 0 Å². The number of rotatable bonds is 4. The molecule has 2 atom stereocenters. The first-order valence-electron chi connectivity index (χ1n) is 8.46. The van der Waals surface area contributed by atoms with E-state index >= 15 is 0 Å². The smallest absolute Gasteiger partial charge is 0.254 e. The lowest BCUT2D eigenvalue weighted by molar-refractivity contribution is 0.0667. The van der Waals surface area contributed by atoms with Gasteiger partial charge in [0.25, 0.3) is 5.91 Å². The minimum Gasteiger partial charge on any atom is -0.399 e. The lowest BCUT2D eigenvalue weighted by Gasteiger charge is -2.27. The van der Waals surface area contributed by atoms with Crippen LogP contribution in [0.4, 0.5) is 5.69 Å². The van der Waals surface area contributed by atoms with Crippen LogP contribution in [-0.4, -0.2) is 28.5 Å². The SMILES string of the molecule is Cc1cc(C(=O)N2CCCC2CC(O)c2ccccc2)ccc1N.Cl. The predicted molar refractivity (Wildman–Crippen MR) is 103 cm³/mol. The molecule has 25 heavy (non-hydrogen) atoms. The molecule has 4 nitrogen and oxygen atoms in total. The fourth-order valence-corrected chi connectivity index (χ4v) is 3.39. The van der Waals surface area contributed by atoms with Gasteiger partial charge in [0.2, 0.25) is 0 Å². The molecule has 1 heterocycles. The molecule has 0 radical (unpaired) electrons. The Hall–Kier alpha value is -2.04. The van der Waals surface area contributed by atoms with Crippen molar-refractivity contribution in [1.82, 2.24) is 4.90 Å². The van der Waals surface area contributed by atoms with Crippen LogP contribution in [-0.2, 0) is 0 Å². The number of halogens is 1. The van der Waals surface area contributed by atoms with Gasteiger partial charge < -0.3 is 15.7 Å². The number of aliphatic hydroxyl groups is 1. The summed E-state index contributed by atoms with van der Waals surface area (Å²) < 4.78 is 0. The van der Waals surface area contributed by atoms with Crippen LogP contribution in [0.15, 0.2) is 48.5 Å². The van der Waals surface area contributed by atoms with Crippen LogP contribution in [0.1, 0.15) is 46.9 Å². The van der Waals surface area contributed by atoms with Crippen LogP contribution in [0.25, 0.3) is 0 Å². The van der Waals surface area contributed by atoms with Crippen molar-refractivity contribution < 1.29 is 9.90 Å². The quantitative estimate of drug-likeness (QED) is 0.816. The molecule has 1 aliphatic rings. The third-order valence-corrected chi connectivity index (χ3v) is 4.83. The average Bonchev–Trinajstić information content (AvgIpc) is 3.05. The third-order valence-electron chi connectivity index (χ3n) is 4.83. The molecule has 2 unspecified atom stereocenters. The first-order valence-corrected chi connectivity index (χ1v) is 8.46. The number of benzene rings is 2. The molecule has 1 saturated heterocycles. The molecule has 1 amide bonds. The van der Waals surface area contributed by atoms with Gasteiger partial charge in [0, 0.05) is 23.8 Å². The second-order valence-corrected chi connectivity index (χ2v) is 6.53. The first kappa shape index (κ1) is 19.3. The Morgan fingerprint density at radius 1 is 1.28 bits per heavy atom. The van der Waals surface area contributed by atoms with Gasteiger partial charge in [-0.3, -0.25) is 4.79 Å². The van der Waals surface area contributed by atoms with Gasteiger partial charge in [-0.1, -0.05) is 30.3 Å². The molecule has 3 N–H and O–H groups in total. The monoisotopic (exact) mass is 360 g/mol. The van der Waals surface area contributed by atoms with Crippen LogP contribution >= 0.6 is 12.4 Å². The van der Waals surface area contributed by atoms with Gasteiger partial charge in [0.15, 0.2) is 0 Å². The van der Waals surface area contributed by atoms with E-state index in [0.717, 1.165) is 30.5 Å². The Morgan fingerprint density at radius 2 is 2.00 bits per heavy atom. The second kappa shape index (κ2) is 8.37. The third kappa shape index (κ3) is 4.33. The highest BCUT2D eigenvalue weighted by Crippen LogP contribution is 2.29. The standard InChI is InChI=1S/C20H24N2O2.ClH/c1-14-12-16(9-10-18(14)21)20(24)22-11-5-8-17(22)13-19(23)15-6-3-2-4-7-15;/h2-4,6-7,9-10,12,17,19,23H,5,8,11,13,21H2,1H3;1H. The number of hydrogen-bond donors (Lipinski definition) is 2. The molecule has 0 saturated carbocycles. The summed E-state index contributed by atoms with van der Waals surface area (Å²) in [7, 11) is 0. The number of nitrogen functional groups attached to an aromatic ring is 1. The molecule has 3 rings (SSSR count). The summed E-state index contributed by atoms with van der Waals surface area (Å²) in [6, 6.07) is 15.1. The summed E-state index contributed by atoms with van der Waals surface area (Å²) in [6.45, 7) is 2.65. The molecule has 0 aliphatic carbocycles. The molecule has 2 aromatic carbocycles. The summed E-state index contributed by atoms with van der Waals surface area (Å²) >= 11 is 0. The summed E-state index contributed by atoms with van der Waals surface area (Å²) in [5.74, 6) is 0.0286. The van der Waals surface area contributed by atoms with E-state index in [1.54, 1.807) is 12.1 Å². The number of anilines is 1. The number of carbonyl (C=O) groups excluding carboxylic acids is 1. The number of aryl methyl sites for hydroxylation is 1. The minimum atomic E-state index is -0.544. The Morgan fingerprint density at radius 3 is 2.68 bits per heavy atom. The summed E-state index contributed by atoms with van der Waals surface area (Å²) in [4.78, 5) is 14.7. The molecule has 1 fully saturated rings. The predicted octanol–water partition coefficient (Wildman–Crippen LogP) is 3.73. The normalized spacial score (nSPS) is 17.8. The molecule has 1 aliphatic heterocycles. The van der Waals surface area contributed by atoms with Crippen LogP contribution < -0.4 is 5.73 Å². The van der Waals surface area contributed by atoms with Crippen LogP contribution in [0.3, 0.4) is 0 Å². The number of carbonyl (C=O) groups is 1. The van der Waals surface area contributed by atoms with E-state index in [2.05, 4.69) is 0 Å².